The van der Waals surface area contributed by atoms with E-state index in [9.17, 15) is 13.5 Å². The summed E-state index contributed by atoms with van der Waals surface area (Å²) in [6, 6.07) is 16.9. The standard InChI is InChI=1S/C23H29BrO3S/c1-28(26,27)21-15-13-20(14-16-21)22(12-8-3-2-4-9-17-24)23(18-25)19-10-6-5-7-11-19/h5-7,10-16,23,25H,2-4,8-9,17-18H2,1H3/b22-12+. The number of halogens is 1. The smallest absolute Gasteiger partial charge is 0.175 e. The average Bonchev–Trinajstić information content (AvgIpc) is 2.70. The predicted molar refractivity (Wildman–Crippen MR) is 121 cm³/mol. The molecule has 0 spiro atoms. The van der Waals surface area contributed by atoms with E-state index in [1.165, 1.54) is 25.5 Å². The van der Waals surface area contributed by atoms with Gasteiger partial charge in [0.25, 0.3) is 0 Å². The number of allylic oxidation sites excluding steroid dienone is 1. The molecule has 0 saturated heterocycles. The van der Waals surface area contributed by atoms with Gasteiger partial charge in [0, 0.05) is 17.5 Å². The highest BCUT2D eigenvalue weighted by Gasteiger charge is 2.18. The zero-order valence-corrected chi connectivity index (χ0v) is 18.8. The van der Waals surface area contributed by atoms with E-state index in [-0.39, 0.29) is 12.5 Å². The van der Waals surface area contributed by atoms with E-state index < -0.39 is 9.84 Å². The minimum Gasteiger partial charge on any atom is -0.395 e. The zero-order chi connectivity index (χ0) is 20.4. The van der Waals surface area contributed by atoms with Crippen LogP contribution in [0.4, 0.5) is 0 Å². The van der Waals surface area contributed by atoms with Crippen molar-refractivity contribution in [2.24, 2.45) is 0 Å². The monoisotopic (exact) mass is 464 g/mol. The summed E-state index contributed by atoms with van der Waals surface area (Å²) in [7, 11) is -3.23. The molecule has 0 radical (unpaired) electrons. The third-order valence-corrected chi connectivity index (χ3v) is 6.52. The molecule has 0 heterocycles. The highest BCUT2D eigenvalue weighted by Crippen LogP contribution is 2.33. The summed E-state index contributed by atoms with van der Waals surface area (Å²) in [5.41, 5.74) is 3.06. The average molecular weight is 465 g/mol. The second-order valence-corrected chi connectivity index (χ2v) is 9.80. The molecule has 3 nitrogen and oxygen atoms in total. The van der Waals surface area contributed by atoms with Crippen molar-refractivity contribution in [1.82, 2.24) is 0 Å². The number of sulfone groups is 1. The zero-order valence-electron chi connectivity index (χ0n) is 16.4. The summed E-state index contributed by atoms with van der Waals surface area (Å²) < 4.78 is 23.5. The van der Waals surface area contributed by atoms with Crippen LogP contribution >= 0.6 is 15.9 Å². The molecular weight excluding hydrogens is 436 g/mol. The fourth-order valence-corrected chi connectivity index (χ4v) is 4.30. The first-order valence-corrected chi connectivity index (χ1v) is 12.7. The molecule has 0 aliphatic heterocycles. The van der Waals surface area contributed by atoms with E-state index >= 15 is 0 Å². The van der Waals surface area contributed by atoms with Crippen LogP contribution in [0, 0.1) is 0 Å². The van der Waals surface area contributed by atoms with Gasteiger partial charge < -0.3 is 5.11 Å². The van der Waals surface area contributed by atoms with Crippen molar-refractivity contribution < 1.29 is 13.5 Å². The molecule has 2 aromatic carbocycles. The van der Waals surface area contributed by atoms with E-state index in [0.717, 1.165) is 34.9 Å². The van der Waals surface area contributed by atoms with Gasteiger partial charge in [-0.25, -0.2) is 8.42 Å². The quantitative estimate of drug-likeness (QED) is 0.348. The predicted octanol–water partition coefficient (Wildman–Crippen LogP) is 5.60. The Labute approximate surface area is 177 Å². The number of benzene rings is 2. The van der Waals surface area contributed by atoms with Crippen LogP contribution in [0.1, 0.15) is 49.1 Å². The minimum atomic E-state index is -3.23. The summed E-state index contributed by atoms with van der Waals surface area (Å²) in [6.45, 7) is 0.00720. The first kappa shape index (κ1) is 22.9. The molecule has 0 bridgehead atoms. The molecule has 0 aliphatic carbocycles. The Morgan fingerprint density at radius 3 is 2.21 bits per heavy atom. The molecule has 0 aliphatic rings. The van der Waals surface area contributed by atoms with Crippen LogP contribution in [0.3, 0.4) is 0 Å². The molecule has 5 heteroatoms. The summed E-state index contributed by atoms with van der Waals surface area (Å²) >= 11 is 3.46. The van der Waals surface area contributed by atoms with Crippen LogP contribution in [0.5, 0.6) is 0 Å². The van der Waals surface area contributed by atoms with Crippen LogP contribution in [-0.2, 0) is 9.84 Å². The van der Waals surface area contributed by atoms with Crippen LogP contribution in [-0.4, -0.2) is 31.7 Å². The largest absolute Gasteiger partial charge is 0.395 e. The molecule has 1 N–H and O–H groups in total. The molecule has 2 aromatic rings. The maximum absolute atomic E-state index is 11.8. The fraction of sp³-hybridized carbons (Fsp3) is 0.391. The third-order valence-electron chi connectivity index (χ3n) is 4.83. The summed E-state index contributed by atoms with van der Waals surface area (Å²) in [5, 5.41) is 11.2. The molecule has 0 fully saturated rings. The third kappa shape index (κ3) is 6.87. The number of aliphatic hydroxyl groups excluding tert-OH is 1. The normalized spacial score (nSPS) is 13.5. The number of hydrogen-bond donors (Lipinski definition) is 1. The Morgan fingerprint density at radius 1 is 1.00 bits per heavy atom. The second-order valence-electron chi connectivity index (χ2n) is 6.99. The van der Waals surface area contributed by atoms with E-state index in [2.05, 4.69) is 22.0 Å². The maximum atomic E-state index is 11.8. The lowest BCUT2D eigenvalue weighted by Crippen LogP contribution is -2.07. The van der Waals surface area contributed by atoms with Gasteiger partial charge in [-0.1, -0.05) is 77.3 Å². The van der Waals surface area contributed by atoms with Gasteiger partial charge in [0.05, 0.1) is 11.5 Å². The molecular formula is C23H29BrO3S. The van der Waals surface area contributed by atoms with Gasteiger partial charge in [-0.3, -0.25) is 0 Å². The number of hydrogen-bond acceptors (Lipinski definition) is 3. The van der Waals surface area contributed by atoms with Gasteiger partial charge in [-0.15, -0.1) is 0 Å². The topological polar surface area (TPSA) is 54.4 Å². The van der Waals surface area contributed by atoms with Gasteiger partial charge in [-0.05, 0) is 48.1 Å². The van der Waals surface area contributed by atoms with Crippen molar-refractivity contribution in [2.45, 2.75) is 42.9 Å². The second kappa shape index (κ2) is 11.5. The first-order chi connectivity index (χ1) is 13.5. The van der Waals surface area contributed by atoms with E-state index in [1.54, 1.807) is 12.1 Å². The molecule has 1 unspecified atom stereocenters. The molecule has 152 valence electrons. The Balaban J connectivity index is 2.29. The first-order valence-electron chi connectivity index (χ1n) is 9.69. The Morgan fingerprint density at radius 2 is 1.64 bits per heavy atom. The van der Waals surface area contributed by atoms with Gasteiger partial charge >= 0.3 is 0 Å². The Kier molecular flexibility index (Phi) is 9.42. The SMILES string of the molecule is CS(=O)(=O)c1ccc(/C(=C\CCCCCCBr)C(CO)c2ccccc2)cc1. The van der Waals surface area contributed by atoms with E-state index in [1.807, 2.05) is 42.5 Å². The van der Waals surface area contributed by atoms with Crippen molar-refractivity contribution in [2.75, 3.05) is 18.2 Å². The number of alkyl halides is 1. The lowest BCUT2D eigenvalue weighted by molar-refractivity contribution is 0.286. The highest BCUT2D eigenvalue weighted by molar-refractivity contribution is 9.09. The van der Waals surface area contributed by atoms with Gasteiger partial charge in [0.1, 0.15) is 0 Å². The van der Waals surface area contributed by atoms with Gasteiger partial charge in [0.2, 0.25) is 0 Å². The summed E-state index contributed by atoms with van der Waals surface area (Å²) in [4.78, 5) is 0.311. The molecule has 1 atom stereocenters. The molecule has 0 aromatic heterocycles. The molecule has 0 saturated carbocycles. The van der Waals surface area contributed by atoms with E-state index in [0.29, 0.717) is 4.90 Å². The minimum absolute atomic E-state index is 0.00720. The molecule has 28 heavy (non-hydrogen) atoms. The number of aliphatic hydroxyl groups is 1. The van der Waals surface area contributed by atoms with Crippen LogP contribution < -0.4 is 0 Å². The molecule has 2 rings (SSSR count). The Bertz CT molecular complexity index is 843. The Hall–Kier alpha value is -1.43. The van der Waals surface area contributed by atoms with Gasteiger partial charge in [-0.2, -0.15) is 0 Å². The highest BCUT2D eigenvalue weighted by atomic mass is 79.9. The maximum Gasteiger partial charge on any atom is 0.175 e. The lowest BCUT2D eigenvalue weighted by Gasteiger charge is -2.20. The van der Waals surface area contributed by atoms with Crippen molar-refractivity contribution in [3.05, 3.63) is 71.8 Å². The van der Waals surface area contributed by atoms with Crippen molar-refractivity contribution in [3.63, 3.8) is 0 Å². The van der Waals surface area contributed by atoms with Crippen LogP contribution in [0.25, 0.3) is 5.57 Å². The molecule has 0 amide bonds. The number of unbranched alkanes of at least 4 members (excludes halogenated alkanes) is 4. The van der Waals surface area contributed by atoms with Crippen LogP contribution in [0.15, 0.2) is 65.6 Å². The van der Waals surface area contributed by atoms with Crippen LogP contribution in [0.2, 0.25) is 0 Å². The number of rotatable bonds is 11. The van der Waals surface area contributed by atoms with Crippen molar-refractivity contribution >= 4 is 31.3 Å². The summed E-state index contributed by atoms with van der Waals surface area (Å²) in [5.74, 6) is -0.132. The van der Waals surface area contributed by atoms with Crippen molar-refractivity contribution in [1.29, 1.82) is 0 Å². The van der Waals surface area contributed by atoms with Crippen molar-refractivity contribution in [3.8, 4) is 0 Å². The van der Waals surface area contributed by atoms with E-state index in [4.69, 9.17) is 0 Å². The van der Waals surface area contributed by atoms with Gasteiger partial charge in [0.15, 0.2) is 9.84 Å². The summed E-state index contributed by atoms with van der Waals surface area (Å²) in [6.07, 6.45) is 9.03. The fourth-order valence-electron chi connectivity index (χ4n) is 3.27. The lowest BCUT2D eigenvalue weighted by atomic mass is 9.86.